The summed E-state index contributed by atoms with van der Waals surface area (Å²) in [6.07, 6.45) is 1.27. The van der Waals surface area contributed by atoms with E-state index >= 15 is 4.11 Å². The van der Waals surface area contributed by atoms with Gasteiger partial charge in [-0.3, -0.25) is 19.3 Å². The highest BCUT2D eigenvalue weighted by Gasteiger charge is 2.65. The van der Waals surface area contributed by atoms with Gasteiger partial charge in [0.1, 0.15) is 5.75 Å². The molecule has 288 valence electrons. The van der Waals surface area contributed by atoms with Crippen molar-refractivity contribution in [1.29, 1.82) is 0 Å². The van der Waals surface area contributed by atoms with Gasteiger partial charge in [-0.2, -0.15) is 0 Å². The molecule has 13 heteroatoms. The van der Waals surface area contributed by atoms with Crippen LogP contribution in [0.4, 0.5) is 21.2 Å². The summed E-state index contributed by atoms with van der Waals surface area (Å²) in [7, 11) is -3.56. The summed E-state index contributed by atoms with van der Waals surface area (Å²) in [5.41, 5.74) is 2.97. The van der Waals surface area contributed by atoms with E-state index in [4.69, 9.17) is 9.47 Å². The number of nitrogens with zero attached hydrogens (tertiary/aromatic N) is 2. The van der Waals surface area contributed by atoms with Gasteiger partial charge in [-0.15, -0.1) is 0 Å². The molecule has 0 aromatic heterocycles. The highest BCUT2D eigenvalue weighted by atomic mass is 28.4. The van der Waals surface area contributed by atoms with Crippen molar-refractivity contribution in [2.24, 2.45) is 5.92 Å². The molecule has 11 nitrogen and oxygen atoms in total. The van der Waals surface area contributed by atoms with Gasteiger partial charge in [0.2, 0.25) is 20.2 Å². The Bertz CT molecular complexity index is 1920. The van der Waals surface area contributed by atoms with E-state index in [1.807, 2.05) is 56.3 Å². The second-order valence-corrected chi connectivity index (χ2v) is 19.3. The number of fused-ring (bicyclic) bond motifs is 4. The van der Waals surface area contributed by atoms with E-state index in [0.717, 1.165) is 16.7 Å². The molecule has 0 radical (unpaired) electrons. The Labute approximate surface area is 317 Å². The van der Waals surface area contributed by atoms with E-state index < -0.39 is 49.6 Å². The predicted octanol–water partition coefficient (Wildman–Crippen LogP) is 5.10. The van der Waals surface area contributed by atoms with Crippen molar-refractivity contribution in [3.8, 4) is 5.75 Å². The molecule has 3 aromatic rings. The Morgan fingerprint density at radius 3 is 2.56 bits per heavy atom. The number of nitrogens with one attached hydrogen (secondary N) is 2. The van der Waals surface area contributed by atoms with Crippen LogP contribution in [0.3, 0.4) is 0 Å². The lowest BCUT2D eigenvalue weighted by atomic mass is 9.82. The molecule has 0 aliphatic carbocycles. The summed E-state index contributed by atoms with van der Waals surface area (Å²) in [5.74, 6) is -0.775. The van der Waals surface area contributed by atoms with Gasteiger partial charge in [0.15, 0.2) is 5.60 Å². The number of aliphatic hydroxyl groups excluding tert-OH is 2. The molecule has 1 spiro atoms. The number of aliphatic hydroxyl groups is 2. The first-order chi connectivity index (χ1) is 25.9. The number of amides is 3. The number of hydrogen-bond acceptors (Lipinski definition) is 8. The van der Waals surface area contributed by atoms with Crippen LogP contribution in [0.5, 0.6) is 5.75 Å². The van der Waals surface area contributed by atoms with Gasteiger partial charge in [0.25, 0.3) is 5.91 Å². The van der Waals surface area contributed by atoms with Crippen LogP contribution in [0.15, 0.2) is 60.7 Å². The molecule has 4 aliphatic rings. The van der Waals surface area contributed by atoms with Crippen LogP contribution in [0, 0.1) is 5.92 Å². The number of carbonyl (C=O) groups excluding carboxylic acids is 3. The minimum Gasteiger partial charge on any atom is -0.494 e. The summed E-state index contributed by atoms with van der Waals surface area (Å²) in [6, 6.07) is 17.9. The van der Waals surface area contributed by atoms with E-state index in [1.165, 1.54) is 0 Å². The molecular weight excluding hydrogens is 708 g/mol. The predicted molar refractivity (Wildman–Crippen MR) is 206 cm³/mol. The largest absolute Gasteiger partial charge is 0.494 e. The van der Waals surface area contributed by atoms with Crippen molar-refractivity contribution >= 4 is 43.2 Å². The number of rotatable bonds is 12. The number of hydrogen-bond donors (Lipinski definition) is 4. The number of anilines is 3. The van der Waals surface area contributed by atoms with Gasteiger partial charge in [-0.1, -0.05) is 31.2 Å². The van der Waals surface area contributed by atoms with E-state index in [9.17, 15) is 24.6 Å². The zero-order chi connectivity index (χ0) is 38.4. The fraction of sp³-hybridized carbons (Fsp3) is 0.488. The number of unbranched alkanes of at least 4 members (excludes halogenated alkanes) is 1. The first-order valence-corrected chi connectivity index (χ1v) is 22.1. The van der Waals surface area contributed by atoms with Gasteiger partial charge in [0.05, 0.1) is 43.5 Å². The molecule has 1 fully saturated rings. The average molecular weight is 759 g/mol. The third kappa shape index (κ3) is 6.74. The van der Waals surface area contributed by atoms with Crippen LogP contribution in [0.1, 0.15) is 55.4 Å². The van der Waals surface area contributed by atoms with Crippen molar-refractivity contribution in [1.82, 2.24) is 10.2 Å². The zero-order valence-electron chi connectivity index (χ0n) is 31.4. The highest BCUT2D eigenvalue weighted by molar-refractivity contribution is 6.72. The Morgan fingerprint density at radius 1 is 1.06 bits per heavy atom. The molecule has 4 aliphatic heterocycles. The van der Waals surface area contributed by atoms with Gasteiger partial charge >= 0.3 is 0 Å². The fourth-order valence-electron chi connectivity index (χ4n) is 9.25. The third-order valence-electron chi connectivity index (χ3n) is 11.7. The maximum atomic E-state index is 16.5. The molecule has 7 rings (SSSR count). The quantitative estimate of drug-likeness (QED) is 0.114. The Morgan fingerprint density at radius 2 is 1.83 bits per heavy atom. The van der Waals surface area contributed by atoms with Crippen LogP contribution in [-0.4, -0.2) is 85.8 Å². The molecule has 0 saturated carbocycles. The molecule has 3 aromatic carbocycles. The Hall–Kier alpha value is -4.14. The summed E-state index contributed by atoms with van der Waals surface area (Å²) in [4.78, 5) is 45.9. The minimum absolute atomic E-state index is 0.0744. The van der Waals surface area contributed by atoms with Gasteiger partial charge in [-0.25, -0.2) is 0 Å². The number of ether oxygens (including phenoxy) is 2. The fourth-order valence-corrected chi connectivity index (χ4v) is 11.7. The molecule has 1 unspecified atom stereocenters. The van der Waals surface area contributed by atoms with Crippen molar-refractivity contribution in [3.63, 3.8) is 0 Å². The normalized spacial score (nSPS) is 26.1. The van der Waals surface area contributed by atoms with E-state index in [2.05, 4.69) is 10.6 Å². The van der Waals surface area contributed by atoms with Crippen molar-refractivity contribution in [3.05, 3.63) is 82.9 Å². The topological polar surface area (TPSA) is 141 Å². The molecule has 0 bridgehead atoms. The van der Waals surface area contributed by atoms with E-state index in [0.29, 0.717) is 73.8 Å². The van der Waals surface area contributed by atoms with Gasteiger partial charge in [0, 0.05) is 41.5 Å². The van der Waals surface area contributed by atoms with E-state index in [-0.39, 0.29) is 31.4 Å². The van der Waals surface area contributed by atoms with Crippen molar-refractivity contribution < 1.29 is 38.2 Å². The SMILES string of the molecule is CCOc1ccc2c(c1)CC(NCCCCO)C(=O)N2c1ccc2c(c1)[C@@]1(O[C@H](CC(=O)N3Cc4ccccc4C[C@H]3CO)[C@@H]([Si](C)(C)F)[C@@H]1C)C(=O)N2. The summed E-state index contributed by atoms with van der Waals surface area (Å²) in [6.45, 7) is 8.19. The van der Waals surface area contributed by atoms with Crippen LogP contribution >= 0.6 is 0 Å². The molecular formula is C41H51FN4O7Si. The molecule has 3 amide bonds. The molecule has 54 heavy (non-hydrogen) atoms. The van der Waals surface area contributed by atoms with Crippen molar-refractivity contribution in [2.45, 2.75) is 94.9 Å². The van der Waals surface area contributed by atoms with Gasteiger partial charge in [-0.05, 0) is 105 Å². The second-order valence-electron chi connectivity index (χ2n) is 15.5. The Balaban J connectivity index is 1.23. The van der Waals surface area contributed by atoms with Crippen LogP contribution in [-0.2, 0) is 44.1 Å². The summed E-state index contributed by atoms with van der Waals surface area (Å²) in [5, 5.41) is 25.9. The van der Waals surface area contributed by atoms with Gasteiger partial charge < -0.3 is 39.3 Å². The van der Waals surface area contributed by atoms with Crippen LogP contribution in [0.25, 0.3) is 0 Å². The first-order valence-electron chi connectivity index (χ1n) is 19.1. The average Bonchev–Trinajstić information content (AvgIpc) is 3.61. The van der Waals surface area contributed by atoms with Crippen LogP contribution in [0.2, 0.25) is 18.6 Å². The maximum Gasteiger partial charge on any atom is 0.261 e. The summed E-state index contributed by atoms with van der Waals surface area (Å²) >= 11 is 0. The third-order valence-corrected chi connectivity index (χ3v) is 14.2. The lowest BCUT2D eigenvalue weighted by molar-refractivity contribution is -0.149. The number of carbonyl (C=O) groups is 3. The number of halogens is 1. The highest BCUT2D eigenvalue weighted by Crippen LogP contribution is 2.59. The minimum atomic E-state index is -3.56. The Kier molecular flexibility index (Phi) is 10.7. The standard InChI is InChI=1S/C41H51FN4O7Si/c1-5-52-31-13-15-35-28(19-31)20-34(43-16-8-9-17-47)39(50)46(35)29-12-14-33-32(21-29)41(40(51)44-33)25(2)38(54(3,4)42)36(53-41)22-37(49)45-23-27-11-7-6-10-26(27)18-30(45)24-48/h6-7,10-15,19,21,25,30,34,36,38,43,47-48H,5,8-9,16-18,20,22-24H2,1-4H3,(H,44,51)/t25-,30-,34?,36+,38-,41+/m0/s1. The molecule has 6 atom stereocenters. The molecule has 4 N–H and O–H groups in total. The second kappa shape index (κ2) is 15.2. The monoisotopic (exact) mass is 758 g/mol. The van der Waals surface area contributed by atoms with E-state index in [1.54, 1.807) is 41.1 Å². The van der Waals surface area contributed by atoms with Crippen LogP contribution < -0.4 is 20.3 Å². The lowest BCUT2D eigenvalue weighted by Gasteiger charge is -2.37. The lowest BCUT2D eigenvalue weighted by Crippen LogP contribution is -2.49. The summed E-state index contributed by atoms with van der Waals surface area (Å²) < 4.78 is 29.1. The number of benzene rings is 3. The smallest absolute Gasteiger partial charge is 0.261 e. The first kappa shape index (κ1) is 38.1. The molecule has 4 heterocycles. The zero-order valence-corrected chi connectivity index (χ0v) is 32.4. The maximum absolute atomic E-state index is 16.5. The molecule has 1 saturated heterocycles. The van der Waals surface area contributed by atoms with Crippen molar-refractivity contribution in [2.75, 3.05) is 36.6 Å².